The molecule has 1 aliphatic rings. The third-order valence-electron chi connectivity index (χ3n) is 2.59. The number of fused-ring (bicyclic) bond motifs is 1. The summed E-state index contributed by atoms with van der Waals surface area (Å²) in [5.41, 5.74) is 8.51. The van der Waals surface area contributed by atoms with Crippen molar-refractivity contribution < 1.29 is 0 Å². The number of aromatic nitrogens is 3. The Morgan fingerprint density at radius 3 is 3.20 bits per heavy atom. The van der Waals surface area contributed by atoms with E-state index in [1.54, 1.807) is 23.0 Å². The van der Waals surface area contributed by atoms with E-state index < -0.39 is 0 Å². The number of rotatable bonds is 1. The molecule has 0 saturated carbocycles. The summed E-state index contributed by atoms with van der Waals surface area (Å²) in [6, 6.07) is 0.255. The lowest BCUT2D eigenvalue weighted by molar-refractivity contribution is 0.750. The Balaban J connectivity index is 1.97. The van der Waals surface area contributed by atoms with Gasteiger partial charge in [-0.25, -0.2) is 15.0 Å². The van der Waals surface area contributed by atoms with Crippen LogP contribution in [0.5, 0.6) is 0 Å². The van der Waals surface area contributed by atoms with E-state index in [4.69, 9.17) is 5.73 Å². The molecule has 15 heavy (non-hydrogen) atoms. The minimum atomic E-state index is 0.255. The van der Waals surface area contributed by atoms with Crippen molar-refractivity contribution >= 4 is 27.6 Å². The first-order chi connectivity index (χ1) is 7.33. The van der Waals surface area contributed by atoms with Gasteiger partial charge in [0.15, 0.2) is 0 Å². The van der Waals surface area contributed by atoms with Gasteiger partial charge < -0.3 is 10.6 Å². The third kappa shape index (κ3) is 1.55. The molecule has 5 nitrogen and oxygen atoms in total. The molecule has 1 atom stereocenters. The first-order valence-corrected chi connectivity index (χ1v) is 5.77. The molecule has 1 unspecified atom stereocenters. The summed E-state index contributed by atoms with van der Waals surface area (Å²) in [7, 11) is 0. The molecule has 2 aromatic rings. The molecule has 0 aromatic carbocycles. The summed E-state index contributed by atoms with van der Waals surface area (Å²) < 4.78 is 0. The second-order valence-corrected chi connectivity index (χ2v) is 4.54. The average Bonchev–Trinajstić information content (AvgIpc) is 2.84. The zero-order chi connectivity index (χ0) is 10.3. The van der Waals surface area contributed by atoms with Crippen LogP contribution in [0.3, 0.4) is 0 Å². The van der Waals surface area contributed by atoms with Crippen LogP contribution in [0.25, 0.3) is 10.3 Å². The highest BCUT2D eigenvalue weighted by Crippen LogP contribution is 2.20. The quantitative estimate of drug-likeness (QED) is 0.764. The highest BCUT2D eigenvalue weighted by molar-refractivity contribution is 7.16. The van der Waals surface area contributed by atoms with Crippen molar-refractivity contribution in [3.8, 4) is 0 Å². The maximum Gasteiger partial charge on any atom is 0.226 e. The van der Waals surface area contributed by atoms with Crippen molar-refractivity contribution in [3.05, 3.63) is 11.7 Å². The van der Waals surface area contributed by atoms with Gasteiger partial charge in [-0.05, 0) is 6.42 Å². The Hall–Kier alpha value is -1.27. The largest absolute Gasteiger partial charge is 0.339 e. The molecular formula is C9H11N5S. The molecule has 2 aromatic heterocycles. The van der Waals surface area contributed by atoms with Gasteiger partial charge in [-0.15, -0.1) is 11.3 Å². The second-order valence-electron chi connectivity index (χ2n) is 3.71. The van der Waals surface area contributed by atoms with Crippen LogP contribution in [0.4, 0.5) is 5.95 Å². The SMILES string of the molecule is NC1CCN(c2ncc3ncsc3n2)C1. The molecule has 0 radical (unpaired) electrons. The number of anilines is 1. The van der Waals surface area contributed by atoms with Gasteiger partial charge >= 0.3 is 0 Å². The predicted octanol–water partition coefficient (Wildman–Crippen LogP) is 0.624. The number of hydrogen-bond acceptors (Lipinski definition) is 6. The van der Waals surface area contributed by atoms with E-state index in [0.717, 1.165) is 35.8 Å². The van der Waals surface area contributed by atoms with Gasteiger partial charge in [-0.3, -0.25) is 0 Å². The molecule has 6 heteroatoms. The molecule has 78 valence electrons. The van der Waals surface area contributed by atoms with Crippen molar-refractivity contribution in [2.45, 2.75) is 12.5 Å². The second kappa shape index (κ2) is 3.39. The van der Waals surface area contributed by atoms with E-state index in [0.29, 0.717) is 0 Å². The molecule has 0 amide bonds. The van der Waals surface area contributed by atoms with Crippen molar-refractivity contribution in [3.63, 3.8) is 0 Å². The highest BCUT2D eigenvalue weighted by atomic mass is 32.1. The minimum Gasteiger partial charge on any atom is -0.339 e. The molecule has 3 rings (SSSR count). The first kappa shape index (κ1) is 8.99. The molecule has 0 spiro atoms. The molecule has 1 saturated heterocycles. The lowest BCUT2D eigenvalue weighted by Gasteiger charge is -2.14. The number of nitrogens with two attached hydrogens (primary N) is 1. The van der Waals surface area contributed by atoms with Gasteiger partial charge in [0.2, 0.25) is 5.95 Å². The molecule has 1 aliphatic heterocycles. The van der Waals surface area contributed by atoms with Gasteiger partial charge in [-0.1, -0.05) is 0 Å². The summed E-state index contributed by atoms with van der Waals surface area (Å²) in [6.07, 6.45) is 2.79. The van der Waals surface area contributed by atoms with Gasteiger partial charge in [0.25, 0.3) is 0 Å². The molecule has 1 fully saturated rings. The standard InChI is InChI=1S/C9H11N5S/c10-6-1-2-14(4-6)9-11-3-7-8(13-9)15-5-12-7/h3,5-6H,1-2,4,10H2. The third-order valence-corrected chi connectivity index (χ3v) is 3.32. The summed E-state index contributed by atoms with van der Waals surface area (Å²) in [6.45, 7) is 1.80. The fourth-order valence-electron chi connectivity index (χ4n) is 1.78. The Kier molecular flexibility index (Phi) is 2.03. The van der Waals surface area contributed by atoms with Crippen LogP contribution in [0.2, 0.25) is 0 Å². The van der Waals surface area contributed by atoms with Crippen LogP contribution < -0.4 is 10.6 Å². The lowest BCUT2D eigenvalue weighted by Crippen LogP contribution is -2.27. The van der Waals surface area contributed by atoms with Crippen LogP contribution >= 0.6 is 11.3 Å². The number of nitrogens with zero attached hydrogens (tertiary/aromatic N) is 4. The zero-order valence-corrected chi connectivity index (χ0v) is 8.94. The fraction of sp³-hybridized carbons (Fsp3) is 0.444. The summed E-state index contributed by atoms with van der Waals surface area (Å²) in [4.78, 5) is 16.0. The normalized spacial score (nSPS) is 21.4. The highest BCUT2D eigenvalue weighted by Gasteiger charge is 2.21. The van der Waals surface area contributed by atoms with Crippen LogP contribution in [-0.2, 0) is 0 Å². The van der Waals surface area contributed by atoms with Crippen LogP contribution in [0.1, 0.15) is 6.42 Å². The van der Waals surface area contributed by atoms with Crippen molar-refractivity contribution in [1.29, 1.82) is 0 Å². The average molecular weight is 221 g/mol. The van der Waals surface area contributed by atoms with Gasteiger partial charge in [0, 0.05) is 19.1 Å². The number of thiazole rings is 1. The predicted molar refractivity (Wildman–Crippen MR) is 60.0 cm³/mol. The van der Waals surface area contributed by atoms with Crippen molar-refractivity contribution in [1.82, 2.24) is 15.0 Å². The van der Waals surface area contributed by atoms with E-state index in [-0.39, 0.29) is 6.04 Å². The van der Waals surface area contributed by atoms with Gasteiger partial charge in [0.05, 0.1) is 11.7 Å². The zero-order valence-electron chi connectivity index (χ0n) is 8.13. The molecule has 3 heterocycles. The van der Waals surface area contributed by atoms with Crippen LogP contribution in [0.15, 0.2) is 11.7 Å². The first-order valence-electron chi connectivity index (χ1n) is 4.90. The van der Waals surface area contributed by atoms with Crippen LogP contribution in [-0.4, -0.2) is 34.1 Å². The van der Waals surface area contributed by atoms with Gasteiger partial charge in [-0.2, -0.15) is 0 Å². The van der Waals surface area contributed by atoms with E-state index in [1.165, 1.54) is 0 Å². The van der Waals surface area contributed by atoms with Gasteiger partial charge in [0.1, 0.15) is 10.3 Å². The van der Waals surface area contributed by atoms with E-state index in [9.17, 15) is 0 Å². The van der Waals surface area contributed by atoms with E-state index in [2.05, 4.69) is 19.9 Å². The van der Waals surface area contributed by atoms with E-state index >= 15 is 0 Å². The Bertz CT molecular complexity index is 482. The smallest absolute Gasteiger partial charge is 0.226 e. The molecule has 0 bridgehead atoms. The fourth-order valence-corrected chi connectivity index (χ4v) is 2.41. The van der Waals surface area contributed by atoms with E-state index in [1.807, 2.05) is 0 Å². The Labute approximate surface area is 91.0 Å². The van der Waals surface area contributed by atoms with Crippen LogP contribution in [0, 0.1) is 0 Å². The lowest BCUT2D eigenvalue weighted by atomic mass is 10.3. The summed E-state index contributed by atoms with van der Waals surface area (Å²) in [5.74, 6) is 0.778. The summed E-state index contributed by atoms with van der Waals surface area (Å²) in [5, 5.41) is 0. The minimum absolute atomic E-state index is 0.255. The topological polar surface area (TPSA) is 67.9 Å². The maximum absolute atomic E-state index is 5.85. The van der Waals surface area contributed by atoms with Crippen molar-refractivity contribution in [2.75, 3.05) is 18.0 Å². The molecule has 2 N–H and O–H groups in total. The van der Waals surface area contributed by atoms with Crippen molar-refractivity contribution in [2.24, 2.45) is 5.73 Å². The molecular weight excluding hydrogens is 210 g/mol. The molecule has 0 aliphatic carbocycles. The Morgan fingerprint density at radius 2 is 2.40 bits per heavy atom. The number of hydrogen-bond donors (Lipinski definition) is 1. The monoisotopic (exact) mass is 221 g/mol. The Morgan fingerprint density at radius 1 is 1.47 bits per heavy atom. The maximum atomic E-state index is 5.85. The summed E-state index contributed by atoms with van der Waals surface area (Å²) >= 11 is 1.54.